The minimum Gasteiger partial charge on any atom is -0.480 e. The number of carboxylic acids is 1. The third-order valence-electron chi connectivity index (χ3n) is 2.98. The lowest BCUT2D eigenvalue weighted by Gasteiger charge is -2.43. The Hall–Kier alpha value is -2.11. The summed E-state index contributed by atoms with van der Waals surface area (Å²) in [6, 6.07) is 2.55. The molecule has 1 fully saturated rings. The number of ether oxygens (including phenoxy) is 1. The summed E-state index contributed by atoms with van der Waals surface area (Å²) in [6.07, 6.45) is 2.34. The summed E-state index contributed by atoms with van der Waals surface area (Å²) >= 11 is 0. The Labute approximate surface area is 111 Å². The van der Waals surface area contributed by atoms with Crippen LogP contribution in [0.3, 0.4) is 0 Å². The fraction of sp³-hybridized carbons (Fsp3) is 0.462. The van der Waals surface area contributed by atoms with Crippen LogP contribution >= 0.6 is 0 Å². The lowest BCUT2D eigenvalue weighted by molar-refractivity contribution is -0.162. The van der Waals surface area contributed by atoms with Crippen molar-refractivity contribution in [3.63, 3.8) is 0 Å². The second kappa shape index (κ2) is 5.26. The van der Waals surface area contributed by atoms with Crippen LogP contribution in [0.2, 0.25) is 0 Å². The molecule has 1 amide bonds. The molecule has 0 saturated carbocycles. The van der Waals surface area contributed by atoms with Gasteiger partial charge in [0.05, 0.1) is 0 Å². The zero-order valence-electron chi connectivity index (χ0n) is 10.8. The molecule has 6 nitrogen and oxygen atoms in total. The van der Waals surface area contributed by atoms with Gasteiger partial charge in [0.2, 0.25) is 6.23 Å². The predicted molar refractivity (Wildman–Crippen MR) is 66.2 cm³/mol. The summed E-state index contributed by atoms with van der Waals surface area (Å²) in [7, 11) is 0. The second-order valence-corrected chi connectivity index (χ2v) is 4.91. The van der Waals surface area contributed by atoms with E-state index in [0.717, 1.165) is 5.56 Å². The van der Waals surface area contributed by atoms with E-state index < -0.39 is 24.3 Å². The molecule has 1 aromatic rings. The Kier molecular flexibility index (Phi) is 3.69. The highest BCUT2D eigenvalue weighted by Gasteiger charge is 2.47. The van der Waals surface area contributed by atoms with Crippen molar-refractivity contribution in [2.45, 2.75) is 32.5 Å². The predicted octanol–water partition coefficient (Wildman–Crippen LogP) is 2.03. The number of carbonyl (C=O) groups is 2. The molecule has 1 aromatic heterocycles. The van der Waals surface area contributed by atoms with Gasteiger partial charge in [-0.3, -0.25) is 9.88 Å². The van der Waals surface area contributed by atoms with Crippen molar-refractivity contribution in [1.82, 2.24) is 9.88 Å². The smallest absolute Gasteiger partial charge is 0.415 e. The van der Waals surface area contributed by atoms with Gasteiger partial charge in [-0.1, -0.05) is 13.8 Å². The minimum absolute atomic E-state index is 0.174. The first kappa shape index (κ1) is 13.3. The third kappa shape index (κ3) is 2.67. The fourth-order valence-electron chi connectivity index (χ4n) is 2.09. The van der Waals surface area contributed by atoms with E-state index in [9.17, 15) is 14.7 Å². The minimum atomic E-state index is -1.01. The molecule has 2 atom stereocenters. The summed E-state index contributed by atoms with van der Waals surface area (Å²) < 4.78 is 5.05. The highest BCUT2D eigenvalue weighted by molar-refractivity contribution is 5.83. The lowest BCUT2D eigenvalue weighted by atomic mass is 10.0. The molecule has 0 aliphatic carbocycles. The molecule has 102 valence electrons. The molecule has 0 spiro atoms. The molecule has 1 unspecified atom stereocenters. The van der Waals surface area contributed by atoms with Crippen LogP contribution in [0.4, 0.5) is 4.79 Å². The van der Waals surface area contributed by atoms with E-state index in [2.05, 4.69) is 4.98 Å². The van der Waals surface area contributed by atoms with Crippen LogP contribution in [0.15, 0.2) is 24.5 Å². The van der Waals surface area contributed by atoms with E-state index in [1.807, 2.05) is 13.8 Å². The molecule has 2 rings (SSSR count). The van der Waals surface area contributed by atoms with Crippen LogP contribution in [0.1, 0.15) is 32.1 Å². The molecule has 1 saturated heterocycles. The van der Waals surface area contributed by atoms with Crippen molar-refractivity contribution < 1.29 is 19.4 Å². The Balaban J connectivity index is 2.20. The number of carboxylic acid groups (broad SMARTS) is 1. The number of hydrogen-bond donors (Lipinski definition) is 1. The quantitative estimate of drug-likeness (QED) is 0.880. The van der Waals surface area contributed by atoms with Gasteiger partial charge < -0.3 is 9.84 Å². The first-order valence-corrected chi connectivity index (χ1v) is 6.12. The number of cyclic esters (lactones) is 1. The molecule has 19 heavy (non-hydrogen) atoms. The molecular weight excluding hydrogens is 248 g/mol. The van der Waals surface area contributed by atoms with E-state index in [4.69, 9.17) is 4.74 Å². The van der Waals surface area contributed by atoms with Crippen LogP contribution < -0.4 is 0 Å². The fourth-order valence-corrected chi connectivity index (χ4v) is 2.09. The Morgan fingerprint density at radius 3 is 2.58 bits per heavy atom. The Bertz CT molecular complexity index is 475. The number of carbonyl (C=O) groups excluding carboxylic acids is 1. The number of aliphatic carboxylic acids is 1. The molecule has 6 heteroatoms. The van der Waals surface area contributed by atoms with Crippen molar-refractivity contribution in [2.75, 3.05) is 0 Å². The van der Waals surface area contributed by atoms with Crippen LogP contribution in [0, 0.1) is 5.92 Å². The summed E-state index contributed by atoms with van der Waals surface area (Å²) in [5, 5.41) is 9.28. The van der Waals surface area contributed by atoms with E-state index in [1.54, 1.807) is 24.5 Å². The number of amides is 1. The van der Waals surface area contributed by atoms with Gasteiger partial charge in [-0.05, 0) is 24.5 Å². The average molecular weight is 264 g/mol. The first-order valence-electron chi connectivity index (χ1n) is 6.12. The molecule has 1 aliphatic heterocycles. The van der Waals surface area contributed by atoms with Crippen LogP contribution in [0.5, 0.6) is 0 Å². The zero-order chi connectivity index (χ0) is 14.0. The summed E-state index contributed by atoms with van der Waals surface area (Å²) in [5.74, 6) is -0.836. The number of rotatable bonds is 5. The van der Waals surface area contributed by atoms with Gasteiger partial charge in [0, 0.05) is 18.0 Å². The normalized spacial score (nSPS) is 19.8. The van der Waals surface area contributed by atoms with Gasteiger partial charge in [0.15, 0.2) is 0 Å². The molecule has 2 heterocycles. The second-order valence-electron chi connectivity index (χ2n) is 4.91. The average Bonchev–Trinajstić information content (AvgIpc) is 2.35. The SMILES string of the molecule is CC(C)C[C@@H](C(=O)O)N1C(=O)OC1c1ccncc1. The van der Waals surface area contributed by atoms with Crippen molar-refractivity contribution >= 4 is 12.1 Å². The molecule has 0 aromatic carbocycles. The monoisotopic (exact) mass is 264 g/mol. The maximum absolute atomic E-state index is 11.6. The summed E-state index contributed by atoms with van der Waals surface area (Å²) in [4.78, 5) is 28.1. The van der Waals surface area contributed by atoms with Crippen molar-refractivity contribution in [1.29, 1.82) is 0 Å². The Morgan fingerprint density at radius 1 is 1.47 bits per heavy atom. The largest absolute Gasteiger partial charge is 0.480 e. The number of nitrogens with zero attached hydrogens (tertiary/aromatic N) is 2. The topological polar surface area (TPSA) is 79.7 Å². The summed E-state index contributed by atoms with van der Waals surface area (Å²) in [6.45, 7) is 3.84. The number of hydrogen-bond acceptors (Lipinski definition) is 4. The van der Waals surface area contributed by atoms with Gasteiger partial charge in [-0.2, -0.15) is 0 Å². The van der Waals surface area contributed by atoms with Crippen molar-refractivity contribution in [3.05, 3.63) is 30.1 Å². The van der Waals surface area contributed by atoms with E-state index in [1.165, 1.54) is 4.90 Å². The molecule has 0 radical (unpaired) electrons. The van der Waals surface area contributed by atoms with Gasteiger partial charge >= 0.3 is 12.1 Å². The summed E-state index contributed by atoms with van der Waals surface area (Å²) in [5.41, 5.74) is 0.726. The standard InChI is InChI=1S/C13H16N2O4/c1-8(2)7-10(12(16)17)15-11(19-13(15)18)9-3-5-14-6-4-9/h3-6,8,10-11H,7H2,1-2H3,(H,16,17)/t10-,11?/m0/s1. The lowest BCUT2D eigenvalue weighted by Crippen LogP contribution is -2.56. The van der Waals surface area contributed by atoms with E-state index in [0.29, 0.717) is 6.42 Å². The van der Waals surface area contributed by atoms with Crippen LogP contribution in [0.25, 0.3) is 0 Å². The molecule has 1 aliphatic rings. The van der Waals surface area contributed by atoms with Gasteiger partial charge in [-0.15, -0.1) is 0 Å². The van der Waals surface area contributed by atoms with Gasteiger partial charge in [0.25, 0.3) is 0 Å². The zero-order valence-corrected chi connectivity index (χ0v) is 10.8. The van der Waals surface area contributed by atoms with E-state index in [-0.39, 0.29) is 5.92 Å². The van der Waals surface area contributed by atoms with E-state index >= 15 is 0 Å². The number of aromatic nitrogens is 1. The third-order valence-corrected chi connectivity index (χ3v) is 2.98. The van der Waals surface area contributed by atoms with Crippen LogP contribution in [-0.2, 0) is 9.53 Å². The van der Waals surface area contributed by atoms with Gasteiger partial charge in [-0.25, -0.2) is 9.59 Å². The van der Waals surface area contributed by atoms with Gasteiger partial charge in [0.1, 0.15) is 6.04 Å². The maximum Gasteiger partial charge on any atom is 0.415 e. The Morgan fingerprint density at radius 2 is 2.11 bits per heavy atom. The maximum atomic E-state index is 11.6. The highest BCUT2D eigenvalue weighted by atomic mass is 16.6. The first-order chi connectivity index (χ1) is 9.00. The molecule has 1 N–H and O–H groups in total. The van der Waals surface area contributed by atoms with Crippen LogP contribution in [-0.4, -0.2) is 33.1 Å². The number of pyridine rings is 1. The molecular formula is C13H16N2O4. The van der Waals surface area contributed by atoms with Crippen molar-refractivity contribution in [3.8, 4) is 0 Å². The highest BCUT2D eigenvalue weighted by Crippen LogP contribution is 2.35. The molecule has 0 bridgehead atoms. The van der Waals surface area contributed by atoms with Crippen molar-refractivity contribution in [2.24, 2.45) is 5.92 Å².